The lowest BCUT2D eigenvalue weighted by Crippen LogP contribution is -2.42. The molecule has 0 saturated carbocycles. The predicted octanol–water partition coefficient (Wildman–Crippen LogP) is -1.64. The highest BCUT2D eigenvalue weighted by atomic mass is 32.2. The van der Waals surface area contributed by atoms with Gasteiger partial charge in [-0.05, 0) is 0 Å². The van der Waals surface area contributed by atoms with Crippen LogP contribution in [-0.4, -0.2) is 57.5 Å². The van der Waals surface area contributed by atoms with Crippen LogP contribution in [0.1, 0.15) is 20.8 Å². The Balaban J connectivity index is 2.99. The number of nitrogens with two attached hydrogens (primary N) is 1. The van der Waals surface area contributed by atoms with Crippen LogP contribution in [0, 0.1) is 0 Å². The molecule has 23 heavy (non-hydrogen) atoms. The summed E-state index contributed by atoms with van der Waals surface area (Å²) in [5.74, 6) is -2.25. The second-order valence-corrected chi connectivity index (χ2v) is 5.80. The smallest absolute Gasteiger partial charge is 0.333 e. The minimum Gasteiger partial charge on any atom is -0.455 e. The first kappa shape index (κ1) is 19.3. The fourth-order valence-electron chi connectivity index (χ4n) is 1.90. The second-order valence-electron chi connectivity index (χ2n) is 4.58. The molecule has 0 aromatic heterocycles. The van der Waals surface area contributed by atoms with Crippen molar-refractivity contribution in [1.29, 1.82) is 0 Å². The zero-order chi connectivity index (χ0) is 17.8. The van der Waals surface area contributed by atoms with E-state index >= 15 is 0 Å². The van der Waals surface area contributed by atoms with Crippen molar-refractivity contribution in [1.82, 2.24) is 0 Å². The number of carbonyl (C=O) groups excluding carboxylic acids is 3. The van der Waals surface area contributed by atoms with E-state index in [2.05, 4.69) is 4.18 Å². The molecular weight excluding hydrogens is 338 g/mol. The lowest BCUT2D eigenvalue weighted by atomic mass is 10.1. The van der Waals surface area contributed by atoms with Gasteiger partial charge in [-0.25, -0.2) is 5.14 Å². The van der Waals surface area contributed by atoms with Gasteiger partial charge in [-0.15, -0.1) is 0 Å². The Labute approximate surface area is 132 Å². The summed E-state index contributed by atoms with van der Waals surface area (Å²) in [6.45, 7) is 2.63. The topological polar surface area (TPSA) is 158 Å². The summed E-state index contributed by atoms with van der Waals surface area (Å²) in [4.78, 5) is 33.5. The third-order valence-electron chi connectivity index (χ3n) is 2.55. The number of carbonyl (C=O) groups is 3. The number of rotatable bonds is 6. The highest BCUT2D eigenvalue weighted by molar-refractivity contribution is 7.84. The van der Waals surface area contributed by atoms with E-state index in [4.69, 9.17) is 24.1 Å². The molecule has 0 unspecified atom stereocenters. The van der Waals surface area contributed by atoms with Crippen LogP contribution in [0.3, 0.4) is 0 Å². The van der Waals surface area contributed by atoms with Gasteiger partial charge in [0.25, 0.3) is 0 Å². The average molecular weight is 355 g/mol. The van der Waals surface area contributed by atoms with Gasteiger partial charge in [0.05, 0.1) is 6.61 Å². The van der Waals surface area contributed by atoms with Crippen LogP contribution in [-0.2, 0) is 47.8 Å². The maximum Gasteiger partial charge on any atom is 0.333 e. The van der Waals surface area contributed by atoms with Crippen molar-refractivity contribution in [2.75, 3.05) is 6.61 Å². The Morgan fingerprint density at radius 2 is 1.43 bits per heavy atom. The molecule has 0 amide bonds. The number of hydrogen-bond acceptors (Lipinski definition) is 10. The van der Waals surface area contributed by atoms with Gasteiger partial charge in [0.2, 0.25) is 12.4 Å². The third kappa shape index (κ3) is 6.48. The van der Waals surface area contributed by atoms with Crippen molar-refractivity contribution in [3.05, 3.63) is 0 Å². The third-order valence-corrected chi connectivity index (χ3v) is 3.01. The molecule has 0 bridgehead atoms. The van der Waals surface area contributed by atoms with Crippen LogP contribution in [0.2, 0.25) is 0 Å². The molecule has 0 aromatic carbocycles. The summed E-state index contributed by atoms with van der Waals surface area (Å²) in [5, 5.41) is 4.71. The molecular formula is C11H17NO10S. The van der Waals surface area contributed by atoms with Gasteiger partial charge >= 0.3 is 28.2 Å². The molecule has 12 heteroatoms. The van der Waals surface area contributed by atoms with E-state index in [1.54, 1.807) is 0 Å². The molecule has 0 aromatic rings. The van der Waals surface area contributed by atoms with Gasteiger partial charge in [-0.2, -0.15) is 8.42 Å². The molecule has 1 aliphatic heterocycles. The van der Waals surface area contributed by atoms with Crippen molar-refractivity contribution >= 4 is 28.2 Å². The lowest BCUT2D eigenvalue weighted by molar-refractivity contribution is -0.196. The molecule has 1 aliphatic rings. The van der Waals surface area contributed by atoms with E-state index in [-0.39, 0.29) is 0 Å². The molecule has 1 rings (SSSR count). The normalized spacial score (nSPS) is 27.3. The number of ether oxygens (including phenoxy) is 4. The zero-order valence-corrected chi connectivity index (χ0v) is 13.4. The van der Waals surface area contributed by atoms with E-state index in [0.717, 1.165) is 20.8 Å². The van der Waals surface area contributed by atoms with Crippen molar-refractivity contribution in [3.8, 4) is 0 Å². The SMILES string of the molecule is CC(=O)O[C@@H]1O[C@H](COS(N)(=O)=O)[C@H](OC(C)=O)[C@H]1OC(C)=O. The Kier molecular flexibility index (Phi) is 6.44. The molecule has 2 N–H and O–H groups in total. The monoisotopic (exact) mass is 355 g/mol. The number of hydrogen-bond donors (Lipinski definition) is 1. The standard InChI is InChI=1S/C11H17NO10S/c1-5(13)19-9-8(4-18-23(12,16)17)22-11(21-7(3)15)10(9)20-6(2)14/h8-11H,4H2,1-3H3,(H2,12,16,17)/t8-,9+,10-,11-/m1/s1. The van der Waals surface area contributed by atoms with Gasteiger partial charge in [0.1, 0.15) is 6.10 Å². The number of esters is 3. The maximum absolute atomic E-state index is 11.2. The zero-order valence-electron chi connectivity index (χ0n) is 12.6. The molecule has 132 valence electrons. The van der Waals surface area contributed by atoms with Crippen LogP contribution < -0.4 is 5.14 Å². The van der Waals surface area contributed by atoms with E-state index in [1.807, 2.05) is 0 Å². The van der Waals surface area contributed by atoms with Crippen LogP contribution in [0.5, 0.6) is 0 Å². The Morgan fingerprint density at radius 3 is 1.87 bits per heavy atom. The molecule has 1 fully saturated rings. The molecule has 0 spiro atoms. The van der Waals surface area contributed by atoms with Gasteiger partial charge in [-0.3, -0.25) is 18.6 Å². The first-order chi connectivity index (χ1) is 10.5. The van der Waals surface area contributed by atoms with Crippen LogP contribution in [0.15, 0.2) is 0 Å². The summed E-state index contributed by atoms with van der Waals surface area (Å²) in [6.07, 6.45) is -5.11. The quantitative estimate of drug-likeness (QED) is 0.432. The van der Waals surface area contributed by atoms with Crippen molar-refractivity contribution < 1.29 is 45.9 Å². The Bertz CT molecular complexity index is 573. The van der Waals surface area contributed by atoms with Crippen LogP contribution in [0.4, 0.5) is 0 Å². The first-order valence-electron chi connectivity index (χ1n) is 6.34. The van der Waals surface area contributed by atoms with Gasteiger partial charge in [0, 0.05) is 20.8 Å². The summed E-state index contributed by atoms with van der Waals surface area (Å²) >= 11 is 0. The van der Waals surface area contributed by atoms with Gasteiger partial charge in [-0.1, -0.05) is 0 Å². The van der Waals surface area contributed by atoms with Crippen molar-refractivity contribution in [2.45, 2.75) is 45.4 Å². The highest BCUT2D eigenvalue weighted by Gasteiger charge is 2.51. The molecule has 11 nitrogen and oxygen atoms in total. The minimum absolute atomic E-state index is 0.633. The largest absolute Gasteiger partial charge is 0.455 e. The summed E-state index contributed by atoms with van der Waals surface area (Å²) in [6, 6.07) is 0. The van der Waals surface area contributed by atoms with Gasteiger partial charge in [0.15, 0.2) is 6.10 Å². The van der Waals surface area contributed by atoms with Crippen LogP contribution >= 0.6 is 0 Å². The fourth-order valence-corrected chi connectivity index (χ4v) is 2.22. The van der Waals surface area contributed by atoms with Crippen molar-refractivity contribution in [2.24, 2.45) is 5.14 Å². The summed E-state index contributed by atoms with van der Waals surface area (Å²) in [7, 11) is -4.28. The van der Waals surface area contributed by atoms with E-state index < -0.39 is 59.4 Å². The Hall–Kier alpha value is -1.76. The lowest BCUT2D eigenvalue weighted by Gasteiger charge is -2.22. The predicted molar refractivity (Wildman–Crippen MR) is 70.6 cm³/mol. The van der Waals surface area contributed by atoms with Gasteiger partial charge < -0.3 is 18.9 Å². The molecule has 1 saturated heterocycles. The summed E-state index contributed by atoms with van der Waals surface area (Å²) in [5.41, 5.74) is 0. The van der Waals surface area contributed by atoms with Crippen molar-refractivity contribution in [3.63, 3.8) is 0 Å². The molecule has 4 atom stereocenters. The van der Waals surface area contributed by atoms with E-state index in [0.29, 0.717) is 0 Å². The Morgan fingerprint density at radius 1 is 0.957 bits per heavy atom. The van der Waals surface area contributed by atoms with E-state index in [9.17, 15) is 22.8 Å². The first-order valence-corrected chi connectivity index (χ1v) is 7.81. The maximum atomic E-state index is 11.2. The fraction of sp³-hybridized carbons (Fsp3) is 0.727. The molecule has 0 aliphatic carbocycles. The minimum atomic E-state index is -4.28. The van der Waals surface area contributed by atoms with Crippen LogP contribution in [0.25, 0.3) is 0 Å². The highest BCUT2D eigenvalue weighted by Crippen LogP contribution is 2.28. The molecule has 0 radical (unpaired) electrons. The average Bonchev–Trinajstić information content (AvgIpc) is 2.63. The molecule has 1 heterocycles. The summed E-state index contributed by atoms with van der Waals surface area (Å²) < 4.78 is 46.1. The second kappa shape index (κ2) is 7.68. The van der Waals surface area contributed by atoms with E-state index in [1.165, 1.54) is 0 Å².